The van der Waals surface area contributed by atoms with Crippen molar-refractivity contribution in [2.24, 2.45) is 16.2 Å². The van der Waals surface area contributed by atoms with E-state index in [0.29, 0.717) is 4.90 Å². The highest BCUT2D eigenvalue weighted by atomic mass is 32.2. The molecule has 0 aromatic heterocycles. The summed E-state index contributed by atoms with van der Waals surface area (Å²) in [5.74, 6) is -0.982. The molecule has 0 N–H and O–H groups in total. The highest BCUT2D eigenvalue weighted by Gasteiger charge is 2.45. The van der Waals surface area contributed by atoms with Crippen molar-refractivity contribution < 1.29 is 21.8 Å². The fourth-order valence-corrected chi connectivity index (χ4v) is 8.61. The standard InChI is InChI=1S/C29H48N2O5S2Si/c1-22(2)24-20-27(37(33,30-9)23-16-13-12-14-17-23)26(32)18-15-19-31(38(34,35)28(3,4)5)25(24)21-36-39(10,11)29(6,7)8/h12-18,20,22,24-25H,19,21H2,1-11H3/b18-15-,27-20+/t24-,25+,37?/m0/s1. The van der Waals surface area contributed by atoms with Gasteiger partial charge in [-0.05, 0) is 68.9 Å². The zero-order chi connectivity index (χ0) is 30.0. The number of hydrogen-bond acceptors (Lipinski definition) is 6. The molecular formula is C29H48N2O5S2Si. The molecule has 0 saturated carbocycles. The maximum atomic E-state index is 14.4. The molecule has 2 rings (SSSR count). The average Bonchev–Trinajstić information content (AvgIpc) is 2.89. The Hall–Kier alpha value is -1.59. The lowest BCUT2D eigenvalue weighted by Gasteiger charge is -2.43. The maximum absolute atomic E-state index is 14.4. The SMILES string of the molecule is CN=S(=O)(/C1=C/[C@@H](C(C)C)[C@@H](CO[Si](C)(C)C(C)(C)C)N(S(=O)(=O)C(C)(C)C)C/C=C\C1=O)c1ccccc1. The summed E-state index contributed by atoms with van der Waals surface area (Å²) in [7, 11) is -7.89. The van der Waals surface area contributed by atoms with Crippen LogP contribution in [0.4, 0.5) is 0 Å². The van der Waals surface area contributed by atoms with Crippen molar-refractivity contribution >= 4 is 33.9 Å². The van der Waals surface area contributed by atoms with Crippen LogP contribution in [-0.2, 0) is 29.0 Å². The highest BCUT2D eigenvalue weighted by Crippen LogP contribution is 2.39. The summed E-state index contributed by atoms with van der Waals surface area (Å²) in [4.78, 5) is 14.1. The van der Waals surface area contributed by atoms with Crippen LogP contribution in [0.5, 0.6) is 0 Å². The molecule has 0 radical (unpaired) electrons. The van der Waals surface area contributed by atoms with E-state index in [-0.39, 0.29) is 29.0 Å². The fourth-order valence-electron chi connectivity index (χ4n) is 4.17. The lowest BCUT2D eigenvalue weighted by molar-refractivity contribution is -0.110. The Balaban J connectivity index is 2.87. The molecule has 0 spiro atoms. The van der Waals surface area contributed by atoms with E-state index in [1.54, 1.807) is 57.2 Å². The van der Waals surface area contributed by atoms with Crippen molar-refractivity contribution in [2.75, 3.05) is 20.2 Å². The van der Waals surface area contributed by atoms with E-state index >= 15 is 0 Å². The Labute approximate surface area is 238 Å². The second kappa shape index (κ2) is 12.1. The minimum Gasteiger partial charge on any atom is -0.415 e. The number of nitrogens with zero attached hydrogens (tertiary/aromatic N) is 2. The van der Waals surface area contributed by atoms with Gasteiger partial charge >= 0.3 is 0 Å². The Morgan fingerprint density at radius 3 is 2.08 bits per heavy atom. The lowest BCUT2D eigenvalue weighted by atomic mass is 9.88. The molecule has 0 saturated heterocycles. The number of carbonyl (C=O) groups excluding carboxylic acids is 1. The highest BCUT2D eigenvalue weighted by molar-refractivity contribution is 7.98. The summed E-state index contributed by atoms with van der Waals surface area (Å²) in [5.41, 5.74) is 0. The third-order valence-electron chi connectivity index (χ3n) is 7.85. The van der Waals surface area contributed by atoms with E-state index in [9.17, 15) is 17.4 Å². The van der Waals surface area contributed by atoms with E-state index in [0.717, 1.165) is 0 Å². The first kappa shape index (κ1) is 33.6. The summed E-state index contributed by atoms with van der Waals surface area (Å²) >= 11 is 0. The molecular weight excluding hydrogens is 549 g/mol. The van der Waals surface area contributed by atoms with E-state index in [4.69, 9.17) is 4.43 Å². The van der Waals surface area contributed by atoms with Gasteiger partial charge in [0.05, 0.1) is 27.2 Å². The predicted molar refractivity (Wildman–Crippen MR) is 164 cm³/mol. The number of hydrogen-bond donors (Lipinski definition) is 0. The quantitative estimate of drug-likeness (QED) is 0.347. The summed E-state index contributed by atoms with van der Waals surface area (Å²) in [6, 6.07) is 8.15. The van der Waals surface area contributed by atoms with Gasteiger partial charge in [-0.15, -0.1) is 0 Å². The topological polar surface area (TPSA) is 93.1 Å². The van der Waals surface area contributed by atoms with Crippen LogP contribution in [0.15, 0.2) is 62.7 Å². The lowest BCUT2D eigenvalue weighted by Crippen LogP contribution is -2.55. The van der Waals surface area contributed by atoms with Gasteiger partial charge in [-0.25, -0.2) is 17.0 Å². The van der Waals surface area contributed by atoms with Crippen LogP contribution in [0.25, 0.3) is 0 Å². The molecule has 1 aromatic carbocycles. The van der Waals surface area contributed by atoms with Gasteiger partial charge < -0.3 is 4.43 Å². The first-order valence-electron chi connectivity index (χ1n) is 13.5. The third kappa shape index (κ3) is 7.19. The number of carbonyl (C=O) groups is 1. The molecule has 1 unspecified atom stereocenters. The number of benzene rings is 1. The molecule has 0 aliphatic carbocycles. The molecule has 1 heterocycles. The largest absolute Gasteiger partial charge is 0.415 e. The molecule has 220 valence electrons. The molecule has 1 aliphatic rings. The molecule has 1 aliphatic heterocycles. The Morgan fingerprint density at radius 2 is 1.62 bits per heavy atom. The second-order valence-electron chi connectivity index (χ2n) is 13.0. The number of ketones is 1. The number of rotatable bonds is 7. The first-order valence-corrected chi connectivity index (χ1v) is 19.4. The summed E-state index contributed by atoms with van der Waals surface area (Å²) < 4.78 is 53.7. The van der Waals surface area contributed by atoms with Gasteiger partial charge in [0, 0.05) is 13.6 Å². The van der Waals surface area contributed by atoms with Crippen LogP contribution in [-0.4, -0.2) is 62.0 Å². The Morgan fingerprint density at radius 1 is 1.05 bits per heavy atom. The number of allylic oxidation sites excluding steroid dienone is 2. The van der Waals surface area contributed by atoms with Gasteiger partial charge in [0.1, 0.15) is 9.73 Å². The van der Waals surface area contributed by atoms with Gasteiger partial charge in [-0.3, -0.25) is 4.79 Å². The van der Waals surface area contributed by atoms with Crippen molar-refractivity contribution in [2.45, 2.75) is 89.2 Å². The zero-order valence-electron chi connectivity index (χ0n) is 25.5. The first-order chi connectivity index (χ1) is 17.7. The van der Waals surface area contributed by atoms with Gasteiger partial charge in [0.25, 0.3) is 0 Å². The Kier molecular flexibility index (Phi) is 10.4. The van der Waals surface area contributed by atoms with E-state index in [2.05, 4.69) is 38.2 Å². The number of sulfonamides is 1. The summed E-state index contributed by atoms with van der Waals surface area (Å²) in [6.07, 6.45) is 4.61. The van der Waals surface area contributed by atoms with Crippen molar-refractivity contribution in [3.05, 3.63) is 53.5 Å². The van der Waals surface area contributed by atoms with Crippen molar-refractivity contribution in [3.8, 4) is 0 Å². The van der Waals surface area contributed by atoms with Crippen LogP contribution in [0.2, 0.25) is 18.1 Å². The van der Waals surface area contributed by atoms with E-state index < -0.39 is 50.6 Å². The molecule has 0 fully saturated rings. The molecule has 10 heteroatoms. The van der Waals surface area contributed by atoms with Crippen LogP contribution in [0.3, 0.4) is 0 Å². The molecule has 1 aromatic rings. The van der Waals surface area contributed by atoms with Gasteiger partial charge in [-0.1, -0.05) is 65.0 Å². The van der Waals surface area contributed by atoms with Gasteiger partial charge in [0.15, 0.2) is 14.1 Å². The molecule has 0 amide bonds. The van der Waals surface area contributed by atoms with Gasteiger partial charge in [-0.2, -0.15) is 4.31 Å². The van der Waals surface area contributed by atoms with Crippen LogP contribution >= 0.6 is 0 Å². The maximum Gasteiger partial charge on any atom is 0.219 e. The predicted octanol–water partition coefficient (Wildman–Crippen LogP) is 6.26. The summed E-state index contributed by atoms with van der Waals surface area (Å²) in [5, 5.41) is -0.0772. The smallest absolute Gasteiger partial charge is 0.219 e. The van der Waals surface area contributed by atoms with Crippen LogP contribution < -0.4 is 0 Å². The minimum atomic E-state index is -3.82. The van der Waals surface area contributed by atoms with Crippen molar-refractivity contribution in [3.63, 3.8) is 0 Å². The molecule has 7 nitrogen and oxygen atoms in total. The van der Waals surface area contributed by atoms with Crippen LogP contribution in [0, 0.1) is 11.8 Å². The van der Waals surface area contributed by atoms with E-state index in [1.807, 2.05) is 19.9 Å². The fraction of sp³-hybridized carbons (Fsp3) is 0.621. The van der Waals surface area contributed by atoms with Gasteiger partial charge in [0.2, 0.25) is 10.0 Å². The van der Waals surface area contributed by atoms with Crippen molar-refractivity contribution in [1.29, 1.82) is 0 Å². The third-order valence-corrected chi connectivity index (χ3v) is 17.3. The average molecular weight is 597 g/mol. The van der Waals surface area contributed by atoms with Crippen LogP contribution in [0.1, 0.15) is 55.4 Å². The summed E-state index contributed by atoms with van der Waals surface area (Å²) in [6.45, 7) is 19.9. The van der Waals surface area contributed by atoms with Crippen molar-refractivity contribution in [1.82, 2.24) is 4.31 Å². The molecule has 0 bridgehead atoms. The monoisotopic (exact) mass is 596 g/mol. The minimum absolute atomic E-state index is 0.0109. The Bertz CT molecular complexity index is 1310. The zero-order valence-corrected chi connectivity index (χ0v) is 28.2. The van der Waals surface area contributed by atoms with E-state index in [1.165, 1.54) is 17.4 Å². The normalized spacial score (nSPS) is 24.2. The molecule has 39 heavy (non-hydrogen) atoms. The molecule has 3 atom stereocenters. The second-order valence-corrected chi connectivity index (χ2v) is 22.7.